The molecular weight excluding hydrogens is 482 g/mol. The summed E-state index contributed by atoms with van der Waals surface area (Å²) in [6.07, 6.45) is 1.66. The van der Waals surface area contributed by atoms with Crippen molar-refractivity contribution in [3.8, 4) is 10.6 Å². The second-order valence-electron chi connectivity index (χ2n) is 5.93. The van der Waals surface area contributed by atoms with Crippen LogP contribution in [0.2, 0.25) is 0 Å². The predicted molar refractivity (Wildman–Crippen MR) is 109 cm³/mol. The van der Waals surface area contributed by atoms with Crippen molar-refractivity contribution in [2.45, 2.75) is 12.5 Å². The third-order valence-electron chi connectivity index (χ3n) is 4.07. The van der Waals surface area contributed by atoms with E-state index >= 15 is 0 Å². The number of nitrogens with zero attached hydrogens (tertiary/aromatic N) is 4. The van der Waals surface area contributed by atoms with Gasteiger partial charge in [0.15, 0.2) is 5.01 Å². The fourth-order valence-electron chi connectivity index (χ4n) is 2.75. The molecule has 3 heterocycles. The predicted octanol–water partition coefficient (Wildman–Crippen LogP) is 4.09. The van der Waals surface area contributed by atoms with Gasteiger partial charge in [0.2, 0.25) is 0 Å². The zero-order valence-electron chi connectivity index (χ0n) is 14.0. The van der Waals surface area contributed by atoms with Gasteiger partial charge in [0, 0.05) is 28.3 Å². The minimum absolute atomic E-state index is 0.168. The Kier molecular flexibility index (Phi) is 5.30. The van der Waals surface area contributed by atoms with E-state index < -0.39 is 11.9 Å². The third kappa shape index (κ3) is 3.93. The van der Waals surface area contributed by atoms with Gasteiger partial charge in [0.1, 0.15) is 16.9 Å². The van der Waals surface area contributed by atoms with Crippen molar-refractivity contribution < 1.29 is 13.9 Å². The molecule has 0 radical (unpaired) electrons. The third-order valence-corrected chi connectivity index (χ3v) is 6.01. The fraction of sp³-hybridized carbons (Fsp3) is 0.222. The first kappa shape index (κ1) is 18.2. The van der Waals surface area contributed by atoms with Crippen molar-refractivity contribution in [3.05, 3.63) is 59.1 Å². The maximum atomic E-state index is 14.7. The van der Waals surface area contributed by atoms with Crippen molar-refractivity contribution in [2.75, 3.05) is 15.9 Å². The Hall–Kier alpha value is -2.14. The number of alkyl halides is 1. The molecule has 1 aliphatic heterocycles. The van der Waals surface area contributed by atoms with Crippen LogP contribution >= 0.6 is 33.9 Å². The molecule has 3 aromatic rings. The summed E-state index contributed by atoms with van der Waals surface area (Å²) in [6, 6.07) is 10.3. The molecule has 0 bridgehead atoms. The van der Waals surface area contributed by atoms with E-state index in [-0.39, 0.29) is 6.10 Å². The molecule has 1 saturated heterocycles. The lowest BCUT2D eigenvalue weighted by molar-refractivity contribution is 0.153. The van der Waals surface area contributed by atoms with Gasteiger partial charge >= 0.3 is 6.09 Å². The van der Waals surface area contributed by atoms with Gasteiger partial charge in [-0.05, 0) is 30.3 Å². The van der Waals surface area contributed by atoms with E-state index in [4.69, 9.17) is 4.74 Å². The lowest BCUT2D eigenvalue weighted by Gasteiger charge is -2.13. The number of hydrogen-bond donors (Lipinski definition) is 0. The number of anilines is 1. The molecule has 138 valence electrons. The van der Waals surface area contributed by atoms with Gasteiger partial charge in [0.05, 0.1) is 12.2 Å². The molecule has 0 unspecified atom stereocenters. The molecule has 27 heavy (non-hydrogen) atoms. The number of rotatable bonds is 5. The standard InChI is InChI=1S/C18H14FIN4O2S/c19-15-8-12(24-10-13(9-20)26-18(24)25)4-5-14(15)17-23-22-16(27-17)7-11-3-1-2-6-21-11/h1-6,8,13H,7,9-10H2/t13-/m0/s1. The second-order valence-corrected chi connectivity index (χ2v) is 7.88. The summed E-state index contributed by atoms with van der Waals surface area (Å²) >= 11 is 3.49. The van der Waals surface area contributed by atoms with E-state index in [1.807, 2.05) is 18.2 Å². The number of benzene rings is 1. The minimum atomic E-state index is -0.447. The van der Waals surface area contributed by atoms with E-state index in [1.54, 1.807) is 18.3 Å². The van der Waals surface area contributed by atoms with Crippen LogP contribution in [0.15, 0.2) is 42.6 Å². The zero-order valence-corrected chi connectivity index (χ0v) is 17.0. The van der Waals surface area contributed by atoms with Crippen LogP contribution in [0.5, 0.6) is 0 Å². The van der Waals surface area contributed by atoms with Gasteiger partial charge in [0.25, 0.3) is 0 Å². The van der Waals surface area contributed by atoms with E-state index in [1.165, 1.54) is 22.3 Å². The van der Waals surface area contributed by atoms with Crippen molar-refractivity contribution in [1.29, 1.82) is 0 Å². The van der Waals surface area contributed by atoms with Crippen LogP contribution in [0.1, 0.15) is 10.7 Å². The fourth-order valence-corrected chi connectivity index (χ4v) is 4.09. The number of carbonyl (C=O) groups is 1. The monoisotopic (exact) mass is 496 g/mol. The summed E-state index contributed by atoms with van der Waals surface area (Å²) in [5, 5.41) is 9.51. The lowest BCUT2D eigenvalue weighted by Crippen LogP contribution is -2.24. The van der Waals surface area contributed by atoms with Crippen LogP contribution in [0, 0.1) is 5.82 Å². The normalized spacial score (nSPS) is 16.6. The lowest BCUT2D eigenvalue weighted by atomic mass is 10.2. The van der Waals surface area contributed by atoms with Gasteiger partial charge in [-0.25, -0.2) is 9.18 Å². The van der Waals surface area contributed by atoms with Crippen molar-refractivity contribution in [2.24, 2.45) is 0 Å². The van der Waals surface area contributed by atoms with Crippen LogP contribution in [-0.4, -0.2) is 38.4 Å². The van der Waals surface area contributed by atoms with Crippen LogP contribution in [0.25, 0.3) is 10.6 Å². The van der Waals surface area contributed by atoms with Crippen molar-refractivity contribution in [3.63, 3.8) is 0 Å². The Labute approximate surface area is 172 Å². The topological polar surface area (TPSA) is 68.2 Å². The molecule has 2 aromatic heterocycles. The summed E-state index contributed by atoms with van der Waals surface area (Å²) in [4.78, 5) is 17.7. The summed E-state index contributed by atoms with van der Waals surface area (Å²) < 4.78 is 20.6. The van der Waals surface area contributed by atoms with Crippen molar-refractivity contribution >= 4 is 45.7 Å². The maximum absolute atomic E-state index is 14.7. The first-order valence-electron chi connectivity index (χ1n) is 8.20. The molecule has 0 saturated carbocycles. The maximum Gasteiger partial charge on any atom is 0.414 e. The molecule has 4 rings (SSSR count). The number of cyclic esters (lactones) is 1. The van der Waals surface area contributed by atoms with Gasteiger partial charge in [-0.2, -0.15) is 0 Å². The highest BCUT2D eigenvalue weighted by Crippen LogP contribution is 2.31. The van der Waals surface area contributed by atoms with Gasteiger partial charge in [-0.1, -0.05) is 40.0 Å². The quantitative estimate of drug-likeness (QED) is 0.393. The van der Waals surface area contributed by atoms with E-state index in [2.05, 4.69) is 37.8 Å². The first-order chi connectivity index (χ1) is 13.1. The Balaban J connectivity index is 1.54. The number of aromatic nitrogens is 3. The number of pyridine rings is 1. The Morgan fingerprint density at radius 2 is 2.19 bits per heavy atom. The highest BCUT2D eigenvalue weighted by atomic mass is 127. The zero-order chi connectivity index (χ0) is 18.8. The van der Waals surface area contributed by atoms with Crippen LogP contribution in [0.4, 0.5) is 14.9 Å². The average Bonchev–Trinajstić information content (AvgIpc) is 3.29. The largest absolute Gasteiger partial charge is 0.443 e. The molecule has 1 amide bonds. The smallest absolute Gasteiger partial charge is 0.414 e. The number of hydrogen-bond acceptors (Lipinski definition) is 6. The molecule has 0 spiro atoms. The first-order valence-corrected chi connectivity index (χ1v) is 10.5. The number of ether oxygens (including phenoxy) is 1. The van der Waals surface area contributed by atoms with E-state index in [0.717, 1.165) is 10.7 Å². The summed E-state index contributed by atoms with van der Waals surface area (Å²) in [5.41, 5.74) is 1.72. The molecule has 0 aliphatic carbocycles. The Bertz CT molecular complexity index is 969. The molecule has 6 nitrogen and oxygen atoms in total. The molecule has 9 heteroatoms. The van der Waals surface area contributed by atoms with Crippen molar-refractivity contribution in [1.82, 2.24) is 15.2 Å². The van der Waals surface area contributed by atoms with Crippen LogP contribution in [0.3, 0.4) is 0 Å². The Morgan fingerprint density at radius 1 is 1.30 bits per heavy atom. The van der Waals surface area contributed by atoms with E-state index in [0.29, 0.717) is 33.7 Å². The number of amides is 1. The van der Waals surface area contributed by atoms with Crippen LogP contribution in [-0.2, 0) is 11.2 Å². The Morgan fingerprint density at radius 3 is 2.89 bits per heavy atom. The van der Waals surface area contributed by atoms with E-state index in [9.17, 15) is 9.18 Å². The number of carbonyl (C=O) groups excluding carboxylic acids is 1. The summed E-state index contributed by atoms with van der Waals surface area (Å²) in [5.74, 6) is -0.446. The molecule has 1 aliphatic rings. The minimum Gasteiger partial charge on any atom is -0.443 e. The van der Waals surface area contributed by atoms with Gasteiger partial charge in [-0.15, -0.1) is 10.2 Å². The summed E-state index contributed by atoms with van der Waals surface area (Å²) in [7, 11) is 0. The highest BCUT2D eigenvalue weighted by molar-refractivity contribution is 14.1. The molecule has 1 fully saturated rings. The number of halogens is 2. The second kappa shape index (κ2) is 7.85. The van der Waals surface area contributed by atoms with Gasteiger partial charge < -0.3 is 4.74 Å². The molecule has 0 N–H and O–H groups in total. The van der Waals surface area contributed by atoms with Gasteiger partial charge in [-0.3, -0.25) is 9.88 Å². The molecular formula is C18H14FIN4O2S. The SMILES string of the molecule is O=C1O[C@@H](CI)CN1c1ccc(-c2nnc(Cc3ccccn3)s2)c(F)c1. The highest BCUT2D eigenvalue weighted by Gasteiger charge is 2.32. The molecule has 1 atom stereocenters. The summed E-state index contributed by atoms with van der Waals surface area (Å²) in [6.45, 7) is 0.424. The molecule has 1 aromatic carbocycles. The van der Waals surface area contributed by atoms with Crippen LogP contribution < -0.4 is 4.90 Å². The average molecular weight is 496 g/mol.